The van der Waals surface area contributed by atoms with E-state index >= 15 is 0 Å². The van der Waals surface area contributed by atoms with Gasteiger partial charge in [0, 0.05) is 11.4 Å². The van der Waals surface area contributed by atoms with E-state index in [4.69, 9.17) is 11.6 Å². The van der Waals surface area contributed by atoms with Gasteiger partial charge in [-0.3, -0.25) is 0 Å². The zero-order chi connectivity index (χ0) is 15.6. The van der Waals surface area contributed by atoms with Crippen molar-refractivity contribution in [3.63, 3.8) is 0 Å². The molecule has 0 bridgehead atoms. The van der Waals surface area contributed by atoms with E-state index in [1.807, 2.05) is 13.8 Å². The van der Waals surface area contributed by atoms with Crippen molar-refractivity contribution in [2.24, 2.45) is 5.92 Å². The fourth-order valence-corrected chi connectivity index (χ4v) is 3.46. The number of halogens is 1. The molecule has 2 aromatic rings. The number of aliphatic hydroxyl groups is 1. The lowest BCUT2D eigenvalue weighted by atomic mass is 10.1. The van der Waals surface area contributed by atoms with Gasteiger partial charge >= 0.3 is 0 Å². The molecule has 2 N–H and O–H groups in total. The average molecular weight is 329 g/mol. The van der Waals surface area contributed by atoms with Gasteiger partial charge in [0.1, 0.15) is 5.15 Å². The second-order valence-electron chi connectivity index (χ2n) is 5.14. The summed E-state index contributed by atoms with van der Waals surface area (Å²) < 4.78 is 27.2. The number of aliphatic hydroxyl groups excluding tert-OH is 1. The Balaban J connectivity index is 2.38. The van der Waals surface area contributed by atoms with E-state index in [0.717, 1.165) is 0 Å². The van der Waals surface area contributed by atoms with E-state index in [-0.39, 0.29) is 17.4 Å². The van der Waals surface area contributed by atoms with E-state index in [1.54, 1.807) is 18.2 Å². The third-order valence-electron chi connectivity index (χ3n) is 3.24. The third kappa shape index (κ3) is 3.71. The van der Waals surface area contributed by atoms with Crippen molar-refractivity contribution in [3.05, 3.63) is 35.5 Å². The van der Waals surface area contributed by atoms with Crippen molar-refractivity contribution in [2.75, 3.05) is 6.61 Å². The molecule has 7 heteroatoms. The van der Waals surface area contributed by atoms with Crippen molar-refractivity contribution >= 4 is 32.5 Å². The average Bonchev–Trinajstić information content (AvgIpc) is 2.43. The second kappa shape index (κ2) is 6.27. The maximum atomic E-state index is 12.3. The first-order valence-corrected chi connectivity index (χ1v) is 8.39. The Morgan fingerprint density at radius 1 is 1.29 bits per heavy atom. The van der Waals surface area contributed by atoms with Gasteiger partial charge in [-0.15, -0.1) is 0 Å². The predicted molar refractivity (Wildman–Crippen MR) is 82.8 cm³/mol. The van der Waals surface area contributed by atoms with Crippen LogP contribution in [0.5, 0.6) is 0 Å². The Bertz CT molecular complexity index is 747. The highest BCUT2D eigenvalue weighted by molar-refractivity contribution is 7.89. The van der Waals surface area contributed by atoms with Crippen LogP contribution in [0.2, 0.25) is 5.15 Å². The van der Waals surface area contributed by atoms with Gasteiger partial charge in [0.15, 0.2) is 0 Å². The van der Waals surface area contributed by atoms with Crippen molar-refractivity contribution < 1.29 is 13.5 Å². The summed E-state index contributed by atoms with van der Waals surface area (Å²) in [5.41, 5.74) is 0.629. The normalized spacial score (nSPS) is 13.8. The van der Waals surface area contributed by atoms with E-state index in [2.05, 4.69) is 9.71 Å². The summed E-state index contributed by atoms with van der Waals surface area (Å²) in [4.78, 5) is 4.25. The molecule has 0 amide bonds. The van der Waals surface area contributed by atoms with Gasteiger partial charge in [-0.2, -0.15) is 0 Å². The number of nitrogens with zero attached hydrogens (tertiary/aromatic N) is 1. The maximum Gasteiger partial charge on any atom is 0.240 e. The molecule has 0 spiro atoms. The molecule has 0 saturated heterocycles. The minimum atomic E-state index is -3.69. The number of hydrogen-bond donors (Lipinski definition) is 2. The first-order chi connectivity index (χ1) is 9.83. The zero-order valence-electron chi connectivity index (χ0n) is 11.7. The van der Waals surface area contributed by atoms with Crippen molar-refractivity contribution in [3.8, 4) is 0 Å². The van der Waals surface area contributed by atoms with E-state index in [9.17, 15) is 13.5 Å². The number of sulfonamides is 1. The lowest BCUT2D eigenvalue weighted by Gasteiger charge is -2.19. The van der Waals surface area contributed by atoms with Crippen LogP contribution >= 0.6 is 11.6 Å². The molecular weight excluding hydrogens is 312 g/mol. The highest BCUT2D eigenvalue weighted by Crippen LogP contribution is 2.20. The molecule has 1 aromatic carbocycles. The molecule has 1 unspecified atom stereocenters. The van der Waals surface area contributed by atoms with Crippen LogP contribution < -0.4 is 4.72 Å². The molecule has 114 valence electrons. The minimum absolute atomic E-state index is 0.00861. The SMILES string of the molecule is CC(C)C(CO)NS(=O)(=O)c1ccc2nc(Cl)ccc2c1. The van der Waals surface area contributed by atoms with E-state index in [1.165, 1.54) is 12.1 Å². The molecule has 0 aliphatic heterocycles. The number of fused-ring (bicyclic) bond motifs is 1. The molecular formula is C14H17ClN2O3S. The number of aromatic nitrogens is 1. The topological polar surface area (TPSA) is 79.3 Å². The molecule has 0 fully saturated rings. The van der Waals surface area contributed by atoms with Crippen LogP contribution in [-0.4, -0.2) is 31.2 Å². The van der Waals surface area contributed by atoms with Gasteiger partial charge in [-0.1, -0.05) is 25.4 Å². The largest absolute Gasteiger partial charge is 0.395 e. The van der Waals surface area contributed by atoms with Crippen molar-refractivity contribution in [1.82, 2.24) is 9.71 Å². The molecule has 0 aliphatic rings. The Hall–Kier alpha value is -1.21. The predicted octanol–water partition coefficient (Wildman–Crippen LogP) is 2.18. The monoisotopic (exact) mass is 328 g/mol. The number of pyridine rings is 1. The van der Waals surface area contributed by atoms with Crippen LogP contribution in [0.4, 0.5) is 0 Å². The Kier molecular flexibility index (Phi) is 4.83. The highest BCUT2D eigenvalue weighted by atomic mass is 35.5. The molecule has 1 atom stereocenters. The van der Waals surface area contributed by atoms with E-state index in [0.29, 0.717) is 16.1 Å². The number of hydrogen-bond acceptors (Lipinski definition) is 4. The van der Waals surface area contributed by atoms with Gasteiger partial charge < -0.3 is 5.11 Å². The number of benzene rings is 1. The summed E-state index contributed by atoms with van der Waals surface area (Å²) in [6.45, 7) is 3.44. The molecule has 2 rings (SSSR count). The van der Waals surface area contributed by atoms with Crippen LogP contribution in [0, 0.1) is 5.92 Å². The summed E-state index contributed by atoms with van der Waals surface area (Å²) in [5.74, 6) is -0.00861. The zero-order valence-corrected chi connectivity index (χ0v) is 13.3. The van der Waals surface area contributed by atoms with Crippen LogP contribution in [0.25, 0.3) is 10.9 Å². The molecule has 0 aliphatic carbocycles. The number of rotatable bonds is 5. The Morgan fingerprint density at radius 3 is 2.62 bits per heavy atom. The fraction of sp³-hybridized carbons (Fsp3) is 0.357. The quantitative estimate of drug-likeness (QED) is 0.824. The van der Waals surface area contributed by atoms with Gasteiger partial charge in [-0.05, 0) is 36.2 Å². The Morgan fingerprint density at radius 2 is 2.00 bits per heavy atom. The summed E-state index contributed by atoms with van der Waals surface area (Å²) in [7, 11) is -3.69. The van der Waals surface area contributed by atoms with Gasteiger partial charge in [0.2, 0.25) is 10.0 Å². The van der Waals surface area contributed by atoms with E-state index < -0.39 is 16.1 Å². The summed E-state index contributed by atoms with van der Waals surface area (Å²) in [5, 5.41) is 10.3. The molecule has 0 radical (unpaired) electrons. The molecule has 21 heavy (non-hydrogen) atoms. The molecule has 5 nitrogen and oxygen atoms in total. The van der Waals surface area contributed by atoms with Crippen LogP contribution in [0.15, 0.2) is 35.2 Å². The highest BCUT2D eigenvalue weighted by Gasteiger charge is 2.22. The first kappa shape index (κ1) is 16.2. The fourth-order valence-electron chi connectivity index (χ4n) is 1.90. The molecule has 1 heterocycles. The lowest BCUT2D eigenvalue weighted by Crippen LogP contribution is -2.41. The standard InChI is InChI=1S/C14H17ClN2O3S/c1-9(2)13(8-18)17-21(19,20)11-4-5-12-10(7-11)3-6-14(15)16-12/h3-7,9,13,17-18H,8H2,1-2H3. The summed E-state index contributed by atoms with van der Waals surface area (Å²) in [6, 6.07) is 7.43. The first-order valence-electron chi connectivity index (χ1n) is 6.53. The smallest absolute Gasteiger partial charge is 0.240 e. The minimum Gasteiger partial charge on any atom is -0.395 e. The van der Waals surface area contributed by atoms with Crippen molar-refractivity contribution in [2.45, 2.75) is 24.8 Å². The van der Waals surface area contributed by atoms with Crippen LogP contribution in [0.3, 0.4) is 0 Å². The van der Waals surface area contributed by atoms with Gasteiger partial charge in [-0.25, -0.2) is 18.1 Å². The summed E-state index contributed by atoms with van der Waals surface area (Å²) in [6.07, 6.45) is 0. The van der Waals surface area contributed by atoms with Gasteiger partial charge in [0.25, 0.3) is 0 Å². The van der Waals surface area contributed by atoms with Crippen molar-refractivity contribution in [1.29, 1.82) is 0 Å². The van der Waals surface area contributed by atoms with Crippen LogP contribution in [-0.2, 0) is 10.0 Å². The third-order valence-corrected chi connectivity index (χ3v) is 4.94. The second-order valence-corrected chi connectivity index (χ2v) is 7.24. The number of nitrogens with one attached hydrogen (secondary N) is 1. The van der Waals surface area contributed by atoms with Gasteiger partial charge in [0.05, 0.1) is 17.0 Å². The molecule has 1 aromatic heterocycles. The maximum absolute atomic E-state index is 12.3. The Labute approximate surface area is 129 Å². The summed E-state index contributed by atoms with van der Waals surface area (Å²) >= 11 is 5.80. The lowest BCUT2D eigenvalue weighted by molar-refractivity contribution is 0.227. The molecule has 0 saturated carbocycles. The van der Waals surface area contributed by atoms with Crippen LogP contribution in [0.1, 0.15) is 13.8 Å².